The van der Waals surface area contributed by atoms with Gasteiger partial charge in [0.15, 0.2) is 0 Å². The summed E-state index contributed by atoms with van der Waals surface area (Å²) in [6.45, 7) is 0. The van der Waals surface area contributed by atoms with E-state index in [0.29, 0.717) is 11.5 Å². The van der Waals surface area contributed by atoms with Crippen LogP contribution in [0.1, 0.15) is 0 Å². The van der Waals surface area contributed by atoms with Crippen LogP contribution in [0, 0.1) is 0 Å². The molecule has 0 aromatic rings. The van der Waals surface area contributed by atoms with Gasteiger partial charge >= 0.3 is 6.09 Å². The van der Waals surface area contributed by atoms with Gasteiger partial charge < -0.3 is 10.1 Å². The van der Waals surface area contributed by atoms with E-state index in [4.69, 9.17) is 14.9 Å². The summed E-state index contributed by atoms with van der Waals surface area (Å²) >= 11 is 1.60. The van der Waals surface area contributed by atoms with Gasteiger partial charge in [-0.15, -0.1) is 0 Å². The van der Waals surface area contributed by atoms with E-state index in [-0.39, 0.29) is 12.1 Å². The topological polar surface area (TPSA) is 64.6 Å². The van der Waals surface area contributed by atoms with Crippen LogP contribution in [0.2, 0.25) is 0 Å². The van der Waals surface area contributed by atoms with Crippen molar-refractivity contribution in [3.05, 3.63) is 0 Å². The lowest BCUT2D eigenvalue weighted by Crippen LogP contribution is -2.43. The second-order valence-electron chi connectivity index (χ2n) is 2.61. The van der Waals surface area contributed by atoms with Crippen molar-refractivity contribution in [1.82, 2.24) is 5.32 Å². The quantitative estimate of drug-likeness (QED) is 0.755. The van der Waals surface area contributed by atoms with Crippen LogP contribution in [0.4, 0.5) is 4.79 Å². The van der Waals surface area contributed by atoms with Crippen molar-refractivity contribution < 1.29 is 17.9 Å². The SMILES string of the molecule is COC(=O)NC1CSCC1OS(=O)Cl. The Hall–Kier alpha value is 0.0200. The number of methoxy groups -OCH3 is 1. The fourth-order valence-corrected chi connectivity index (χ4v) is 3.06. The van der Waals surface area contributed by atoms with E-state index in [1.54, 1.807) is 11.8 Å². The number of carbonyl (C=O) groups is 1. The van der Waals surface area contributed by atoms with Crippen molar-refractivity contribution in [3.63, 3.8) is 0 Å². The number of alkyl carbamates (subject to hydrolysis) is 1. The van der Waals surface area contributed by atoms with Crippen molar-refractivity contribution in [1.29, 1.82) is 0 Å². The molecule has 1 heterocycles. The lowest BCUT2D eigenvalue weighted by atomic mass is 10.2. The molecule has 5 nitrogen and oxygen atoms in total. The summed E-state index contributed by atoms with van der Waals surface area (Å²) in [4.78, 5) is 10.9. The maximum absolute atomic E-state index is 10.9. The van der Waals surface area contributed by atoms with Crippen LogP contribution in [0.25, 0.3) is 0 Å². The molecule has 0 aromatic carbocycles. The van der Waals surface area contributed by atoms with E-state index >= 15 is 0 Å². The van der Waals surface area contributed by atoms with Crippen LogP contribution in [-0.2, 0) is 19.2 Å². The van der Waals surface area contributed by atoms with E-state index < -0.39 is 16.4 Å². The van der Waals surface area contributed by atoms with Gasteiger partial charge in [0.1, 0.15) is 6.10 Å². The lowest BCUT2D eigenvalue weighted by Gasteiger charge is -2.17. The van der Waals surface area contributed by atoms with Crippen molar-refractivity contribution in [3.8, 4) is 0 Å². The minimum Gasteiger partial charge on any atom is -0.453 e. The number of hydrogen-bond acceptors (Lipinski definition) is 5. The average molecular weight is 260 g/mol. The van der Waals surface area contributed by atoms with Gasteiger partial charge in [-0.2, -0.15) is 11.8 Å². The van der Waals surface area contributed by atoms with Gasteiger partial charge in [-0.25, -0.2) is 9.00 Å². The number of halogens is 1. The van der Waals surface area contributed by atoms with Gasteiger partial charge in [-0.05, 0) is 0 Å². The Morgan fingerprint density at radius 1 is 1.64 bits per heavy atom. The summed E-state index contributed by atoms with van der Waals surface area (Å²) in [5.41, 5.74) is 0. The Balaban J connectivity index is 2.42. The number of rotatable bonds is 3. The molecular formula is C6H10ClNO4S2. The summed E-state index contributed by atoms with van der Waals surface area (Å²) in [5.74, 6) is 1.36. The minimum atomic E-state index is -1.83. The Kier molecular flexibility index (Phi) is 5.00. The molecule has 1 amide bonds. The molecule has 1 N–H and O–H groups in total. The maximum Gasteiger partial charge on any atom is 0.407 e. The number of thioether (sulfide) groups is 1. The molecule has 3 atom stereocenters. The third-order valence-corrected chi connectivity index (χ3v) is 3.49. The predicted octanol–water partition coefficient (Wildman–Crippen LogP) is 0.660. The van der Waals surface area contributed by atoms with Crippen molar-refractivity contribution >= 4 is 38.8 Å². The van der Waals surface area contributed by atoms with Crippen molar-refractivity contribution in [2.45, 2.75) is 12.1 Å². The second-order valence-corrected chi connectivity index (χ2v) is 5.02. The third-order valence-electron chi connectivity index (χ3n) is 1.72. The fraction of sp³-hybridized carbons (Fsp3) is 0.833. The first-order valence-electron chi connectivity index (χ1n) is 3.81. The Morgan fingerprint density at radius 3 is 2.93 bits per heavy atom. The summed E-state index contributed by atoms with van der Waals surface area (Å²) < 4.78 is 20.0. The lowest BCUT2D eigenvalue weighted by molar-refractivity contribution is 0.153. The van der Waals surface area contributed by atoms with Crippen LogP contribution in [0.3, 0.4) is 0 Å². The zero-order chi connectivity index (χ0) is 10.6. The highest BCUT2D eigenvalue weighted by Gasteiger charge is 2.31. The summed E-state index contributed by atoms with van der Waals surface area (Å²) in [6.07, 6.45) is -0.844. The second kappa shape index (κ2) is 5.79. The fourth-order valence-electron chi connectivity index (χ4n) is 1.07. The van der Waals surface area contributed by atoms with Gasteiger partial charge in [-0.1, -0.05) is 0 Å². The van der Waals surface area contributed by atoms with Gasteiger partial charge in [0, 0.05) is 22.2 Å². The number of carbonyl (C=O) groups excluding carboxylic acids is 1. The van der Waals surface area contributed by atoms with E-state index in [1.807, 2.05) is 0 Å². The van der Waals surface area contributed by atoms with Crippen LogP contribution in [0.15, 0.2) is 0 Å². The molecular weight excluding hydrogens is 250 g/mol. The molecule has 82 valence electrons. The largest absolute Gasteiger partial charge is 0.453 e. The zero-order valence-electron chi connectivity index (χ0n) is 7.40. The average Bonchev–Trinajstić information content (AvgIpc) is 2.52. The molecule has 14 heavy (non-hydrogen) atoms. The van der Waals surface area contributed by atoms with Gasteiger partial charge in [0.2, 0.25) is 0 Å². The normalized spacial score (nSPS) is 28.4. The molecule has 0 bridgehead atoms. The minimum absolute atomic E-state index is 0.199. The molecule has 1 aliphatic heterocycles. The molecule has 1 rings (SSSR count). The predicted molar refractivity (Wildman–Crippen MR) is 55.5 cm³/mol. The van der Waals surface area contributed by atoms with E-state index in [1.165, 1.54) is 7.11 Å². The first-order valence-corrected chi connectivity index (χ1v) is 6.86. The summed E-state index contributed by atoms with van der Waals surface area (Å²) in [5, 5.41) is 2.58. The molecule has 0 radical (unpaired) electrons. The highest BCUT2D eigenvalue weighted by Crippen LogP contribution is 2.22. The molecule has 0 aliphatic carbocycles. The molecule has 3 unspecified atom stereocenters. The van der Waals surface area contributed by atoms with Crippen LogP contribution in [-0.4, -0.2) is 41.1 Å². The van der Waals surface area contributed by atoms with Crippen LogP contribution < -0.4 is 5.32 Å². The smallest absolute Gasteiger partial charge is 0.407 e. The summed E-state index contributed by atoms with van der Waals surface area (Å²) in [6, 6.07) is -0.199. The van der Waals surface area contributed by atoms with E-state index in [0.717, 1.165) is 0 Å². The highest BCUT2D eigenvalue weighted by molar-refractivity contribution is 8.04. The van der Waals surface area contributed by atoms with E-state index in [2.05, 4.69) is 10.1 Å². The van der Waals surface area contributed by atoms with Crippen LogP contribution in [0.5, 0.6) is 0 Å². The third kappa shape index (κ3) is 3.64. The van der Waals surface area contributed by atoms with Crippen molar-refractivity contribution in [2.24, 2.45) is 0 Å². The number of amides is 1. The monoisotopic (exact) mass is 259 g/mol. The molecule has 1 saturated heterocycles. The molecule has 1 fully saturated rings. The molecule has 0 aromatic heterocycles. The van der Waals surface area contributed by atoms with Gasteiger partial charge in [-0.3, -0.25) is 4.18 Å². The summed E-state index contributed by atoms with van der Waals surface area (Å²) in [7, 11) is 4.65. The van der Waals surface area contributed by atoms with Gasteiger partial charge in [0.25, 0.3) is 10.3 Å². The van der Waals surface area contributed by atoms with Crippen LogP contribution >= 0.6 is 22.4 Å². The Labute approximate surface area is 93.0 Å². The molecule has 1 aliphatic rings. The first kappa shape index (κ1) is 12.1. The number of hydrogen-bond donors (Lipinski definition) is 1. The van der Waals surface area contributed by atoms with E-state index in [9.17, 15) is 9.00 Å². The number of nitrogens with one attached hydrogen (secondary N) is 1. The Morgan fingerprint density at radius 2 is 2.36 bits per heavy atom. The first-order chi connectivity index (χ1) is 6.63. The maximum atomic E-state index is 10.9. The molecule has 8 heteroatoms. The standard InChI is InChI=1S/C6H10ClNO4S2/c1-11-6(9)8-4-2-13-3-5(4)12-14(7)10/h4-5H,2-3H2,1H3,(H,8,9). The highest BCUT2D eigenvalue weighted by atomic mass is 35.7. The molecule has 0 saturated carbocycles. The zero-order valence-corrected chi connectivity index (χ0v) is 9.79. The van der Waals surface area contributed by atoms with Gasteiger partial charge in [0.05, 0.1) is 13.2 Å². The molecule has 0 spiro atoms. The number of ether oxygens (including phenoxy) is 1. The Bertz CT molecular complexity index is 240. The van der Waals surface area contributed by atoms with Crippen molar-refractivity contribution in [2.75, 3.05) is 18.6 Å².